The zero-order valence-corrected chi connectivity index (χ0v) is 11.6. The third-order valence-electron chi connectivity index (χ3n) is 2.89. The van der Waals surface area contributed by atoms with E-state index in [2.05, 4.69) is 9.26 Å². The van der Waals surface area contributed by atoms with Crippen molar-refractivity contribution in [3.63, 3.8) is 0 Å². The third-order valence-corrected chi connectivity index (χ3v) is 3.37. The van der Waals surface area contributed by atoms with Crippen LogP contribution in [0.25, 0.3) is 0 Å². The lowest BCUT2D eigenvalue weighted by molar-refractivity contribution is -0.398. The Morgan fingerprint density at radius 3 is 2.45 bits per heavy atom. The molecule has 2 heterocycles. The first-order valence-corrected chi connectivity index (χ1v) is 7.30. The largest absolute Gasteiger partial charge is 0.505 e. The standard InChI is InChI=1S/C9H13O12P/c10-4-5(11)7(12)21-6(4)9(14)8(13)20-3(1-18-9)2-19-22(15,16)17/h3,6,8,10-11,13-14H,1-2H2,(H2,15,16,17)/t3?,6-,8?,9-/m0/s1. The van der Waals surface area contributed by atoms with Crippen molar-refractivity contribution in [2.24, 2.45) is 0 Å². The van der Waals surface area contributed by atoms with Gasteiger partial charge in [-0.05, 0) is 0 Å². The molecule has 0 saturated carbocycles. The second-order valence-electron chi connectivity index (χ2n) is 4.48. The van der Waals surface area contributed by atoms with Crippen LogP contribution in [0.15, 0.2) is 11.5 Å². The van der Waals surface area contributed by atoms with Gasteiger partial charge in [0, 0.05) is 0 Å². The summed E-state index contributed by atoms with van der Waals surface area (Å²) < 4.78 is 28.9. The summed E-state index contributed by atoms with van der Waals surface area (Å²) in [5.74, 6) is -6.26. The van der Waals surface area contributed by atoms with Gasteiger partial charge in [-0.1, -0.05) is 0 Å². The number of hydrogen-bond donors (Lipinski definition) is 6. The lowest BCUT2D eigenvalue weighted by Gasteiger charge is -2.41. The van der Waals surface area contributed by atoms with Gasteiger partial charge in [-0.25, -0.2) is 9.36 Å². The summed E-state index contributed by atoms with van der Waals surface area (Å²) in [4.78, 5) is 28.2. The van der Waals surface area contributed by atoms with Gasteiger partial charge in [-0.15, -0.1) is 0 Å². The van der Waals surface area contributed by atoms with E-state index in [0.29, 0.717) is 0 Å². The Kier molecular flexibility index (Phi) is 4.48. The van der Waals surface area contributed by atoms with Crippen LogP contribution < -0.4 is 0 Å². The minimum atomic E-state index is -4.76. The SMILES string of the molecule is O=C1O[C@H]([C@]2(O)OCC(COP(=O)(O)O)OC2O)C(O)=C1O. The molecule has 2 aliphatic rings. The molecule has 0 aromatic rings. The van der Waals surface area contributed by atoms with Crippen molar-refractivity contribution in [2.75, 3.05) is 13.2 Å². The van der Waals surface area contributed by atoms with Crippen molar-refractivity contribution >= 4 is 13.8 Å². The fourth-order valence-corrected chi connectivity index (χ4v) is 2.18. The van der Waals surface area contributed by atoms with E-state index in [-0.39, 0.29) is 0 Å². The predicted molar refractivity (Wildman–Crippen MR) is 61.9 cm³/mol. The topological polar surface area (TPSA) is 192 Å². The molecule has 126 valence electrons. The summed E-state index contributed by atoms with van der Waals surface area (Å²) in [7, 11) is -4.76. The average molecular weight is 344 g/mol. The molecule has 2 unspecified atom stereocenters. The monoisotopic (exact) mass is 344 g/mol. The van der Waals surface area contributed by atoms with Crippen LogP contribution in [0.4, 0.5) is 0 Å². The van der Waals surface area contributed by atoms with Crippen LogP contribution in [-0.2, 0) is 28.1 Å². The Labute approximate surface area is 122 Å². The van der Waals surface area contributed by atoms with E-state index in [1.807, 2.05) is 0 Å². The first-order chi connectivity index (χ1) is 10.0. The van der Waals surface area contributed by atoms with E-state index in [1.54, 1.807) is 0 Å². The van der Waals surface area contributed by atoms with Crippen LogP contribution in [0.2, 0.25) is 0 Å². The molecule has 4 atom stereocenters. The van der Waals surface area contributed by atoms with Crippen molar-refractivity contribution in [1.29, 1.82) is 0 Å². The molecule has 0 radical (unpaired) electrons. The summed E-state index contributed by atoms with van der Waals surface area (Å²) in [5.41, 5.74) is 0. The highest BCUT2D eigenvalue weighted by Crippen LogP contribution is 2.38. The highest BCUT2D eigenvalue weighted by atomic mass is 31.2. The number of carbonyl (C=O) groups is 1. The minimum absolute atomic E-state index is 0.518. The Morgan fingerprint density at radius 2 is 2.00 bits per heavy atom. The highest BCUT2D eigenvalue weighted by molar-refractivity contribution is 7.46. The summed E-state index contributed by atoms with van der Waals surface area (Å²) >= 11 is 0. The Hall–Kier alpha value is -1.24. The van der Waals surface area contributed by atoms with Crippen LogP contribution in [-0.4, -0.2) is 73.7 Å². The summed E-state index contributed by atoms with van der Waals surface area (Å²) in [5, 5.41) is 38.5. The van der Waals surface area contributed by atoms with Gasteiger partial charge < -0.3 is 44.4 Å². The fraction of sp³-hybridized carbons (Fsp3) is 0.667. The number of aliphatic hydroxyl groups is 4. The summed E-state index contributed by atoms with van der Waals surface area (Å²) in [6, 6.07) is 0. The molecule has 0 spiro atoms. The van der Waals surface area contributed by atoms with Crippen molar-refractivity contribution in [2.45, 2.75) is 24.3 Å². The summed E-state index contributed by atoms with van der Waals surface area (Å²) in [6.45, 7) is -1.18. The molecular weight excluding hydrogens is 331 g/mol. The fourth-order valence-electron chi connectivity index (χ4n) is 1.82. The zero-order valence-electron chi connectivity index (χ0n) is 10.7. The Bertz CT molecular complexity index is 539. The molecule has 0 bridgehead atoms. The second-order valence-corrected chi connectivity index (χ2v) is 5.72. The molecule has 2 aliphatic heterocycles. The number of hydrogen-bond acceptors (Lipinski definition) is 10. The molecule has 0 aromatic heterocycles. The van der Waals surface area contributed by atoms with Crippen molar-refractivity contribution in [3.8, 4) is 0 Å². The van der Waals surface area contributed by atoms with Crippen LogP contribution in [0.5, 0.6) is 0 Å². The number of rotatable bonds is 4. The van der Waals surface area contributed by atoms with Crippen LogP contribution in [0.1, 0.15) is 0 Å². The van der Waals surface area contributed by atoms with Gasteiger partial charge in [0.1, 0.15) is 6.10 Å². The van der Waals surface area contributed by atoms with Gasteiger partial charge in [-0.2, -0.15) is 0 Å². The summed E-state index contributed by atoms with van der Waals surface area (Å²) in [6.07, 6.45) is -5.25. The van der Waals surface area contributed by atoms with Gasteiger partial charge >= 0.3 is 13.8 Å². The molecule has 6 N–H and O–H groups in total. The maximum absolute atomic E-state index is 11.1. The Morgan fingerprint density at radius 1 is 1.36 bits per heavy atom. The van der Waals surface area contributed by atoms with Gasteiger partial charge in [-0.3, -0.25) is 4.52 Å². The van der Waals surface area contributed by atoms with Gasteiger partial charge in [0.2, 0.25) is 18.2 Å². The van der Waals surface area contributed by atoms with E-state index in [9.17, 15) is 24.7 Å². The number of phosphoric ester groups is 1. The van der Waals surface area contributed by atoms with Gasteiger partial charge in [0.05, 0.1) is 13.2 Å². The molecule has 2 rings (SSSR count). The molecular formula is C9H13O12P. The van der Waals surface area contributed by atoms with Crippen LogP contribution >= 0.6 is 7.82 Å². The van der Waals surface area contributed by atoms with E-state index in [0.717, 1.165) is 0 Å². The lowest BCUT2D eigenvalue weighted by Crippen LogP contribution is -2.61. The lowest BCUT2D eigenvalue weighted by atomic mass is 10.1. The van der Waals surface area contributed by atoms with E-state index >= 15 is 0 Å². The maximum atomic E-state index is 11.1. The van der Waals surface area contributed by atoms with E-state index in [1.165, 1.54) is 0 Å². The molecule has 22 heavy (non-hydrogen) atoms. The number of aliphatic hydroxyl groups excluding tert-OH is 3. The average Bonchev–Trinajstić information content (AvgIpc) is 2.67. The number of cyclic esters (lactones) is 1. The predicted octanol–water partition coefficient (Wildman–Crippen LogP) is -2.23. The van der Waals surface area contributed by atoms with Gasteiger partial charge in [0.15, 0.2) is 5.76 Å². The number of carbonyl (C=O) groups excluding carboxylic acids is 1. The number of esters is 1. The second kappa shape index (κ2) is 5.76. The van der Waals surface area contributed by atoms with E-state index in [4.69, 9.17) is 24.4 Å². The number of phosphoric acid groups is 1. The first-order valence-electron chi connectivity index (χ1n) is 5.77. The Balaban J connectivity index is 2.04. The minimum Gasteiger partial charge on any atom is -0.505 e. The normalized spacial score (nSPS) is 36.5. The van der Waals surface area contributed by atoms with Crippen molar-refractivity contribution < 1.29 is 58.3 Å². The smallest absolute Gasteiger partial charge is 0.469 e. The quantitative estimate of drug-likeness (QED) is 0.238. The third kappa shape index (κ3) is 3.24. The molecule has 0 aromatic carbocycles. The van der Waals surface area contributed by atoms with Gasteiger partial charge in [0.25, 0.3) is 5.79 Å². The number of ether oxygens (including phenoxy) is 3. The van der Waals surface area contributed by atoms with E-state index < -0.39 is 62.8 Å². The molecule has 13 heteroatoms. The zero-order chi connectivity index (χ0) is 16.7. The van der Waals surface area contributed by atoms with Crippen molar-refractivity contribution in [3.05, 3.63) is 11.5 Å². The highest BCUT2D eigenvalue weighted by Gasteiger charge is 2.57. The van der Waals surface area contributed by atoms with Crippen molar-refractivity contribution in [1.82, 2.24) is 0 Å². The first kappa shape index (κ1) is 17.1. The van der Waals surface area contributed by atoms with Crippen LogP contribution in [0, 0.1) is 0 Å². The molecule has 1 fully saturated rings. The molecule has 12 nitrogen and oxygen atoms in total. The molecule has 1 saturated heterocycles. The van der Waals surface area contributed by atoms with Crippen LogP contribution in [0.3, 0.4) is 0 Å². The molecule has 0 aliphatic carbocycles. The molecule has 0 amide bonds. The maximum Gasteiger partial charge on any atom is 0.469 e.